The van der Waals surface area contributed by atoms with Gasteiger partial charge in [-0.25, -0.2) is 0 Å². The molecule has 22 heavy (non-hydrogen) atoms. The van der Waals surface area contributed by atoms with Crippen LogP contribution < -0.4 is 0 Å². The number of thioether (sulfide) groups is 1. The maximum absolute atomic E-state index is 12.9. The Bertz CT molecular complexity index is 627. The largest absolute Gasteiger partial charge is 0.329 e. The van der Waals surface area contributed by atoms with Crippen LogP contribution in [0.1, 0.15) is 47.6 Å². The summed E-state index contributed by atoms with van der Waals surface area (Å²) in [7, 11) is 0. The van der Waals surface area contributed by atoms with Gasteiger partial charge in [0.05, 0.1) is 20.8 Å². The van der Waals surface area contributed by atoms with E-state index in [2.05, 4.69) is 18.0 Å². The number of pyridine rings is 1. The van der Waals surface area contributed by atoms with E-state index in [9.17, 15) is 4.79 Å². The topological polar surface area (TPSA) is 33.2 Å². The molecule has 3 nitrogen and oxygen atoms in total. The van der Waals surface area contributed by atoms with Crippen LogP contribution in [0, 0.1) is 0 Å². The van der Waals surface area contributed by atoms with Gasteiger partial charge in [0.25, 0.3) is 5.91 Å². The zero-order valence-electron chi connectivity index (χ0n) is 12.7. The van der Waals surface area contributed by atoms with Crippen LogP contribution in [0.2, 0.25) is 0 Å². The van der Waals surface area contributed by atoms with Crippen molar-refractivity contribution >= 4 is 29.0 Å². The van der Waals surface area contributed by atoms with Gasteiger partial charge in [-0.15, -0.1) is 23.1 Å². The van der Waals surface area contributed by atoms with Crippen LogP contribution in [-0.2, 0) is 0 Å². The normalized spacial score (nSPS) is 18.4. The predicted octanol–water partition coefficient (Wildman–Crippen LogP) is 4.62. The molecule has 1 saturated heterocycles. The predicted molar refractivity (Wildman–Crippen MR) is 92.6 cm³/mol. The van der Waals surface area contributed by atoms with Crippen molar-refractivity contribution in [3.63, 3.8) is 0 Å². The van der Waals surface area contributed by atoms with Crippen LogP contribution in [0.4, 0.5) is 0 Å². The number of likely N-dealkylation sites (tertiary alicyclic amines) is 1. The van der Waals surface area contributed by atoms with Crippen LogP contribution in [0.15, 0.2) is 40.7 Å². The molecular weight excluding hydrogens is 312 g/mol. The van der Waals surface area contributed by atoms with Gasteiger partial charge in [-0.2, -0.15) is 0 Å². The van der Waals surface area contributed by atoms with E-state index in [1.165, 1.54) is 4.21 Å². The Kier molecular flexibility index (Phi) is 5.16. The van der Waals surface area contributed by atoms with E-state index in [1.54, 1.807) is 23.1 Å². The van der Waals surface area contributed by atoms with Crippen molar-refractivity contribution in [2.45, 2.75) is 36.4 Å². The highest BCUT2D eigenvalue weighted by Gasteiger charge is 2.30. The van der Waals surface area contributed by atoms with Crippen molar-refractivity contribution in [2.75, 3.05) is 12.3 Å². The molecule has 0 aromatic carbocycles. The highest BCUT2D eigenvalue weighted by molar-refractivity contribution is 8.01. The molecule has 116 valence electrons. The summed E-state index contributed by atoms with van der Waals surface area (Å²) >= 11 is 3.40. The third-order valence-corrected chi connectivity index (χ3v) is 6.05. The van der Waals surface area contributed by atoms with Gasteiger partial charge >= 0.3 is 0 Å². The third kappa shape index (κ3) is 3.36. The van der Waals surface area contributed by atoms with E-state index in [-0.39, 0.29) is 11.9 Å². The lowest BCUT2D eigenvalue weighted by atomic mass is 9.98. The van der Waals surface area contributed by atoms with Gasteiger partial charge in [-0.05, 0) is 49.3 Å². The second kappa shape index (κ2) is 7.29. The monoisotopic (exact) mass is 332 g/mol. The first kappa shape index (κ1) is 15.6. The summed E-state index contributed by atoms with van der Waals surface area (Å²) in [6.07, 6.45) is 5.06. The summed E-state index contributed by atoms with van der Waals surface area (Å²) in [4.78, 5) is 20.2. The number of amides is 1. The number of thiophene rings is 1. The highest BCUT2D eigenvalue weighted by atomic mass is 32.2. The molecule has 0 saturated carbocycles. The van der Waals surface area contributed by atoms with E-state index in [1.807, 2.05) is 35.4 Å². The molecule has 3 rings (SSSR count). The number of piperidine rings is 1. The molecule has 0 radical (unpaired) electrons. The minimum atomic E-state index is 0.117. The standard InChI is InChI=1S/C17H20N2OS2/c1-2-21-16-10-9-15(22-16)17(20)19-12-6-4-8-14(19)13-7-3-5-11-18-13/h3,5,7,9-11,14H,2,4,6,8,12H2,1H3/t14-/m1/s1. The first-order valence-electron chi connectivity index (χ1n) is 7.74. The fourth-order valence-corrected chi connectivity index (χ4v) is 4.85. The maximum Gasteiger partial charge on any atom is 0.264 e. The summed E-state index contributed by atoms with van der Waals surface area (Å²) in [5.41, 5.74) is 1.01. The molecule has 1 fully saturated rings. The summed E-state index contributed by atoms with van der Waals surface area (Å²) in [6.45, 7) is 2.96. The fourth-order valence-electron chi connectivity index (χ4n) is 2.85. The lowest BCUT2D eigenvalue weighted by Gasteiger charge is -2.35. The number of aromatic nitrogens is 1. The molecular formula is C17H20N2OS2. The number of rotatable bonds is 4. The maximum atomic E-state index is 12.9. The molecule has 1 atom stereocenters. The van der Waals surface area contributed by atoms with Crippen molar-refractivity contribution in [3.8, 4) is 0 Å². The number of carbonyl (C=O) groups excluding carboxylic acids is 1. The Labute approximate surface area is 139 Å². The minimum absolute atomic E-state index is 0.117. The molecule has 0 N–H and O–H groups in total. The van der Waals surface area contributed by atoms with Crippen LogP contribution in [0.25, 0.3) is 0 Å². The molecule has 2 aromatic rings. The van der Waals surface area contributed by atoms with Crippen molar-refractivity contribution in [1.29, 1.82) is 0 Å². The quantitative estimate of drug-likeness (QED) is 0.766. The molecule has 0 unspecified atom stereocenters. The zero-order valence-corrected chi connectivity index (χ0v) is 14.3. The molecule has 5 heteroatoms. The smallest absolute Gasteiger partial charge is 0.264 e. The van der Waals surface area contributed by atoms with E-state index in [0.717, 1.165) is 42.1 Å². The molecule has 0 aliphatic carbocycles. The van der Waals surface area contributed by atoms with Crippen LogP contribution in [0.3, 0.4) is 0 Å². The minimum Gasteiger partial charge on any atom is -0.329 e. The highest BCUT2D eigenvalue weighted by Crippen LogP contribution is 2.33. The van der Waals surface area contributed by atoms with E-state index in [4.69, 9.17) is 0 Å². The Morgan fingerprint density at radius 2 is 2.27 bits per heavy atom. The first-order chi connectivity index (χ1) is 10.8. The second-order valence-corrected chi connectivity index (χ2v) is 7.96. The van der Waals surface area contributed by atoms with Gasteiger partial charge in [0, 0.05) is 12.7 Å². The van der Waals surface area contributed by atoms with E-state index in [0.29, 0.717) is 0 Å². The summed E-state index contributed by atoms with van der Waals surface area (Å²) in [5, 5.41) is 0. The van der Waals surface area contributed by atoms with Crippen LogP contribution in [0.5, 0.6) is 0 Å². The fraction of sp³-hybridized carbons (Fsp3) is 0.412. The van der Waals surface area contributed by atoms with Gasteiger partial charge < -0.3 is 4.90 Å². The van der Waals surface area contributed by atoms with Gasteiger partial charge in [-0.1, -0.05) is 13.0 Å². The molecule has 3 heterocycles. The SMILES string of the molecule is CCSc1ccc(C(=O)N2CCCC[C@@H]2c2ccccn2)s1. The summed E-state index contributed by atoms with van der Waals surface area (Å²) in [5.74, 6) is 1.19. The van der Waals surface area contributed by atoms with Crippen molar-refractivity contribution in [2.24, 2.45) is 0 Å². The van der Waals surface area contributed by atoms with Gasteiger partial charge in [0.2, 0.25) is 0 Å². The van der Waals surface area contributed by atoms with E-state index >= 15 is 0 Å². The van der Waals surface area contributed by atoms with Crippen LogP contribution >= 0.6 is 23.1 Å². The molecule has 1 aliphatic rings. The first-order valence-corrected chi connectivity index (χ1v) is 9.54. The molecule has 1 amide bonds. The number of nitrogens with zero attached hydrogens (tertiary/aromatic N) is 2. The number of hydrogen-bond acceptors (Lipinski definition) is 4. The van der Waals surface area contributed by atoms with Gasteiger partial charge in [0.15, 0.2) is 0 Å². The van der Waals surface area contributed by atoms with Gasteiger partial charge in [-0.3, -0.25) is 9.78 Å². The molecule has 0 bridgehead atoms. The molecule has 0 spiro atoms. The Hall–Kier alpha value is -1.33. The number of carbonyl (C=O) groups is 1. The Morgan fingerprint density at radius 3 is 3.05 bits per heavy atom. The second-order valence-electron chi connectivity index (χ2n) is 5.32. The lowest BCUT2D eigenvalue weighted by Crippen LogP contribution is -2.38. The summed E-state index contributed by atoms with van der Waals surface area (Å²) < 4.78 is 1.22. The van der Waals surface area contributed by atoms with Crippen molar-refractivity contribution < 1.29 is 4.79 Å². The van der Waals surface area contributed by atoms with Crippen molar-refractivity contribution in [1.82, 2.24) is 9.88 Å². The Balaban J connectivity index is 1.82. The van der Waals surface area contributed by atoms with E-state index < -0.39 is 0 Å². The molecule has 1 aliphatic heterocycles. The van der Waals surface area contributed by atoms with Crippen molar-refractivity contribution in [3.05, 3.63) is 47.1 Å². The average Bonchev–Trinajstić information content (AvgIpc) is 3.04. The van der Waals surface area contributed by atoms with Gasteiger partial charge in [0.1, 0.15) is 0 Å². The summed E-state index contributed by atoms with van der Waals surface area (Å²) in [6, 6.07) is 10.1. The molecule has 2 aromatic heterocycles. The zero-order chi connectivity index (χ0) is 15.4. The number of hydrogen-bond donors (Lipinski definition) is 0. The van der Waals surface area contributed by atoms with Crippen LogP contribution in [-0.4, -0.2) is 28.1 Å². The lowest BCUT2D eigenvalue weighted by molar-refractivity contribution is 0.0611. The average molecular weight is 332 g/mol. The third-order valence-electron chi connectivity index (χ3n) is 3.87. The Morgan fingerprint density at radius 1 is 1.36 bits per heavy atom.